The lowest BCUT2D eigenvalue weighted by molar-refractivity contribution is -0.136. The number of Topliss-reactive ketones (excluding diaryl/α,β-unsaturated/α-hetero) is 2. The van der Waals surface area contributed by atoms with E-state index in [4.69, 9.17) is 4.74 Å². The highest BCUT2D eigenvalue weighted by molar-refractivity contribution is 9.08. The number of esters is 1. The van der Waals surface area contributed by atoms with Gasteiger partial charge in [0.05, 0.1) is 6.42 Å². The van der Waals surface area contributed by atoms with Crippen molar-refractivity contribution in [1.82, 2.24) is 0 Å². The normalized spacial score (nSPS) is 15.6. The van der Waals surface area contributed by atoms with Gasteiger partial charge in [-0.1, -0.05) is 41.9 Å². The van der Waals surface area contributed by atoms with Crippen LogP contribution in [0, 0.1) is 5.41 Å². The number of allylic oxidation sites excluding steroid dienone is 4. The van der Waals surface area contributed by atoms with Gasteiger partial charge in [-0.3, -0.25) is 14.4 Å². The van der Waals surface area contributed by atoms with Gasteiger partial charge in [-0.2, -0.15) is 0 Å². The van der Waals surface area contributed by atoms with E-state index in [1.807, 2.05) is 12.1 Å². The average Bonchev–Trinajstić information content (AvgIpc) is 2.58. The molecule has 138 valence electrons. The van der Waals surface area contributed by atoms with Crippen LogP contribution in [0.25, 0.3) is 0 Å². The van der Waals surface area contributed by atoms with Gasteiger partial charge in [-0.05, 0) is 38.5 Å². The summed E-state index contributed by atoms with van der Waals surface area (Å²) in [6.07, 6.45) is 0.00518. The third kappa shape index (κ3) is 4.04. The van der Waals surface area contributed by atoms with Gasteiger partial charge < -0.3 is 4.74 Å². The predicted molar refractivity (Wildman–Crippen MR) is 104 cm³/mol. The van der Waals surface area contributed by atoms with Crippen molar-refractivity contribution in [3.05, 3.63) is 52.1 Å². The van der Waals surface area contributed by atoms with E-state index in [0.29, 0.717) is 28.0 Å². The summed E-state index contributed by atoms with van der Waals surface area (Å²) in [5, 5.41) is 0.726. The van der Waals surface area contributed by atoms with E-state index in [0.717, 1.165) is 10.9 Å². The number of carbonyl (C=O) groups is 3. The van der Waals surface area contributed by atoms with Gasteiger partial charge >= 0.3 is 5.97 Å². The van der Waals surface area contributed by atoms with Crippen molar-refractivity contribution in [2.45, 2.75) is 46.4 Å². The number of hydrogen-bond donors (Lipinski definition) is 0. The highest BCUT2D eigenvalue weighted by atomic mass is 79.9. The van der Waals surface area contributed by atoms with Crippen LogP contribution in [0.1, 0.15) is 46.6 Å². The molecule has 1 aliphatic carbocycles. The molecule has 0 spiro atoms. The van der Waals surface area contributed by atoms with Crippen LogP contribution in [0.5, 0.6) is 5.75 Å². The molecule has 0 aliphatic heterocycles. The van der Waals surface area contributed by atoms with E-state index >= 15 is 0 Å². The summed E-state index contributed by atoms with van der Waals surface area (Å²) in [5.74, 6) is -0.284. The molecule has 0 atom stereocenters. The molecule has 0 aromatic heterocycles. The third-order valence-corrected chi connectivity index (χ3v) is 5.41. The maximum Gasteiger partial charge on any atom is 0.312 e. The Morgan fingerprint density at radius 2 is 1.50 bits per heavy atom. The minimum absolute atomic E-state index is 0.00518. The molecule has 0 saturated carbocycles. The maximum absolute atomic E-state index is 12.7. The smallest absolute Gasteiger partial charge is 0.312 e. The second kappa shape index (κ2) is 7.70. The van der Waals surface area contributed by atoms with Crippen LogP contribution in [0.15, 0.2) is 46.6 Å². The predicted octanol–water partition coefficient (Wildman–Crippen LogP) is 4.71. The largest absolute Gasteiger partial charge is 0.427 e. The quantitative estimate of drug-likeness (QED) is 0.300. The number of benzene rings is 1. The molecule has 1 aromatic rings. The molecule has 0 saturated heterocycles. The number of alkyl halides is 1. The molecule has 1 aromatic carbocycles. The molecule has 0 unspecified atom stereocenters. The number of halogens is 1. The summed E-state index contributed by atoms with van der Waals surface area (Å²) in [7, 11) is 0. The Bertz CT molecular complexity index is 826. The second-order valence-corrected chi connectivity index (χ2v) is 7.78. The summed E-state index contributed by atoms with van der Waals surface area (Å²) in [6, 6.07) is 7.21. The standard InChI is InChI=1S/C21H23BrO4/c1-12-13(2)20(25)18(14(3)19(12)24)21(4,5)10-17(23)26-16-8-6-15(11-22)7-9-16/h6-9H,10-11H2,1-5H3. The van der Waals surface area contributed by atoms with Crippen molar-refractivity contribution in [2.75, 3.05) is 0 Å². The number of carbonyl (C=O) groups excluding carboxylic acids is 3. The molecule has 0 bridgehead atoms. The van der Waals surface area contributed by atoms with Gasteiger partial charge in [0.1, 0.15) is 5.75 Å². The van der Waals surface area contributed by atoms with Crippen molar-refractivity contribution in [3.63, 3.8) is 0 Å². The molecule has 0 N–H and O–H groups in total. The van der Waals surface area contributed by atoms with Crippen LogP contribution in [0.3, 0.4) is 0 Å². The first-order valence-electron chi connectivity index (χ1n) is 8.42. The van der Waals surface area contributed by atoms with Gasteiger partial charge in [-0.15, -0.1) is 0 Å². The zero-order chi connectivity index (χ0) is 19.6. The van der Waals surface area contributed by atoms with Crippen LogP contribution in [0.4, 0.5) is 0 Å². The van der Waals surface area contributed by atoms with Crippen molar-refractivity contribution >= 4 is 33.5 Å². The van der Waals surface area contributed by atoms with Gasteiger partial charge in [0.15, 0.2) is 11.6 Å². The Balaban J connectivity index is 2.20. The van der Waals surface area contributed by atoms with Gasteiger partial charge in [0, 0.05) is 33.0 Å². The minimum Gasteiger partial charge on any atom is -0.427 e. The first kappa shape index (κ1) is 20.3. The second-order valence-electron chi connectivity index (χ2n) is 7.22. The van der Waals surface area contributed by atoms with E-state index in [9.17, 15) is 14.4 Å². The SMILES string of the molecule is CC1=C(C)C(=O)C(C(C)(C)CC(=O)Oc2ccc(CBr)cc2)=C(C)C1=O. The summed E-state index contributed by atoms with van der Waals surface area (Å²) >= 11 is 3.37. The molecular formula is C21H23BrO4. The molecular weight excluding hydrogens is 396 g/mol. The number of hydrogen-bond acceptors (Lipinski definition) is 4. The van der Waals surface area contributed by atoms with E-state index in [-0.39, 0.29) is 18.0 Å². The first-order valence-corrected chi connectivity index (χ1v) is 9.54. The molecule has 5 heteroatoms. The molecule has 0 amide bonds. The Hall–Kier alpha value is -2.01. The van der Waals surface area contributed by atoms with E-state index < -0.39 is 11.4 Å². The van der Waals surface area contributed by atoms with Crippen LogP contribution in [-0.2, 0) is 19.7 Å². The number of ether oxygens (including phenoxy) is 1. The zero-order valence-electron chi connectivity index (χ0n) is 15.7. The van der Waals surface area contributed by atoms with Crippen molar-refractivity contribution in [1.29, 1.82) is 0 Å². The Morgan fingerprint density at radius 3 is 2.04 bits per heavy atom. The van der Waals surface area contributed by atoms with Gasteiger partial charge in [0.2, 0.25) is 0 Å². The molecule has 26 heavy (non-hydrogen) atoms. The fraction of sp³-hybridized carbons (Fsp3) is 0.381. The van der Waals surface area contributed by atoms with Crippen LogP contribution in [-0.4, -0.2) is 17.5 Å². The average molecular weight is 419 g/mol. The van der Waals surface area contributed by atoms with Gasteiger partial charge in [0.25, 0.3) is 0 Å². The third-order valence-electron chi connectivity index (χ3n) is 4.76. The maximum atomic E-state index is 12.7. The van der Waals surface area contributed by atoms with Crippen molar-refractivity contribution in [3.8, 4) is 5.75 Å². The monoisotopic (exact) mass is 418 g/mol. The fourth-order valence-corrected chi connectivity index (χ4v) is 3.55. The van der Waals surface area contributed by atoms with E-state index in [1.54, 1.807) is 46.8 Å². The summed E-state index contributed by atoms with van der Waals surface area (Å²) in [5.41, 5.74) is 2.01. The van der Waals surface area contributed by atoms with Crippen LogP contribution >= 0.6 is 15.9 Å². The first-order chi connectivity index (χ1) is 12.1. The highest BCUT2D eigenvalue weighted by Gasteiger charge is 2.38. The molecule has 0 radical (unpaired) electrons. The lowest BCUT2D eigenvalue weighted by Crippen LogP contribution is -2.32. The van der Waals surface area contributed by atoms with E-state index in [2.05, 4.69) is 15.9 Å². The fourth-order valence-electron chi connectivity index (χ4n) is 3.17. The highest BCUT2D eigenvalue weighted by Crippen LogP contribution is 2.39. The minimum atomic E-state index is -0.800. The van der Waals surface area contributed by atoms with Crippen LogP contribution in [0.2, 0.25) is 0 Å². The zero-order valence-corrected chi connectivity index (χ0v) is 17.3. The number of ketones is 2. The molecule has 0 heterocycles. The summed E-state index contributed by atoms with van der Waals surface area (Å²) in [4.78, 5) is 37.5. The lowest BCUT2D eigenvalue weighted by Gasteiger charge is -2.31. The number of rotatable bonds is 5. The summed E-state index contributed by atoms with van der Waals surface area (Å²) < 4.78 is 5.40. The molecule has 0 fully saturated rings. The summed E-state index contributed by atoms with van der Waals surface area (Å²) in [6.45, 7) is 8.55. The van der Waals surface area contributed by atoms with Gasteiger partial charge in [-0.25, -0.2) is 0 Å². The van der Waals surface area contributed by atoms with Crippen molar-refractivity contribution in [2.24, 2.45) is 5.41 Å². The van der Waals surface area contributed by atoms with Crippen LogP contribution < -0.4 is 4.74 Å². The lowest BCUT2D eigenvalue weighted by atomic mass is 9.71. The van der Waals surface area contributed by atoms with Crippen molar-refractivity contribution < 1.29 is 19.1 Å². The Kier molecular flexibility index (Phi) is 6.02. The molecule has 4 nitrogen and oxygen atoms in total. The Morgan fingerprint density at radius 1 is 0.962 bits per heavy atom. The molecule has 1 aliphatic rings. The topological polar surface area (TPSA) is 60.4 Å². The molecule has 2 rings (SSSR count). The van der Waals surface area contributed by atoms with E-state index in [1.165, 1.54) is 0 Å². The Labute approximate surface area is 162 Å².